The predicted molar refractivity (Wildman–Crippen MR) is 58.3 cm³/mol. The van der Waals surface area contributed by atoms with Gasteiger partial charge < -0.3 is 5.11 Å². The maximum absolute atomic E-state index is 12.8. The summed E-state index contributed by atoms with van der Waals surface area (Å²) in [7, 11) is 0. The molecule has 0 fully saturated rings. The van der Waals surface area contributed by atoms with E-state index in [1.165, 1.54) is 6.92 Å². The molecule has 1 rings (SSSR count). The highest BCUT2D eigenvalue weighted by molar-refractivity contribution is 5.74. The third-order valence-corrected chi connectivity index (χ3v) is 2.47. The van der Waals surface area contributed by atoms with Crippen molar-refractivity contribution in [1.29, 1.82) is 0 Å². The van der Waals surface area contributed by atoms with Gasteiger partial charge in [-0.2, -0.15) is 18.3 Å². The highest BCUT2D eigenvalue weighted by Crippen LogP contribution is 2.34. The molecule has 0 aliphatic heterocycles. The molecular formula is C11H15F3N2O2. The standard InChI is InChI=1S/C11H15F3N2O2/c1-6(9(17)18)7-5-8(11(12,13)14)16(15-7)10(2,3)4/h5-6H,1-4H3,(H,17,18). The van der Waals surface area contributed by atoms with Crippen LogP contribution in [0.2, 0.25) is 0 Å². The van der Waals surface area contributed by atoms with Crippen molar-refractivity contribution in [2.45, 2.75) is 45.3 Å². The molecule has 0 aliphatic rings. The van der Waals surface area contributed by atoms with Gasteiger partial charge in [0.2, 0.25) is 0 Å². The largest absolute Gasteiger partial charge is 0.481 e. The van der Waals surface area contributed by atoms with Crippen molar-refractivity contribution in [3.63, 3.8) is 0 Å². The molecule has 0 amide bonds. The Labute approximate surface area is 102 Å². The summed E-state index contributed by atoms with van der Waals surface area (Å²) in [4.78, 5) is 10.8. The molecule has 1 atom stereocenters. The second kappa shape index (κ2) is 4.29. The van der Waals surface area contributed by atoms with Crippen LogP contribution in [0, 0.1) is 0 Å². The van der Waals surface area contributed by atoms with Crippen LogP contribution in [0.4, 0.5) is 13.2 Å². The number of alkyl halides is 3. The number of halogens is 3. The second-order valence-corrected chi connectivity index (χ2v) is 5.09. The Morgan fingerprint density at radius 3 is 2.17 bits per heavy atom. The number of rotatable bonds is 2. The first kappa shape index (κ1) is 14.5. The zero-order valence-corrected chi connectivity index (χ0v) is 10.5. The summed E-state index contributed by atoms with van der Waals surface area (Å²) >= 11 is 0. The lowest BCUT2D eigenvalue weighted by atomic mass is 10.1. The molecule has 7 heteroatoms. The summed E-state index contributed by atoms with van der Waals surface area (Å²) in [5.41, 5.74) is -1.90. The molecule has 4 nitrogen and oxygen atoms in total. The van der Waals surface area contributed by atoms with E-state index >= 15 is 0 Å². The minimum absolute atomic E-state index is 0.0928. The fourth-order valence-electron chi connectivity index (χ4n) is 1.45. The molecule has 1 unspecified atom stereocenters. The molecule has 1 N–H and O–H groups in total. The Kier molecular flexibility index (Phi) is 3.47. The SMILES string of the molecule is CC(C(=O)O)c1cc(C(F)(F)F)n(C(C)(C)C)n1. The van der Waals surface area contributed by atoms with Crippen molar-refractivity contribution < 1.29 is 23.1 Å². The van der Waals surface area contributed by atoms with E-state index in [1.807, 2.05) is 0 Å². The van der Waals surface area contributed by atoms with E-state index in [-0.39, 0.29) is 5.69 Å². The van der Waals surface area contributed by atoms with Crippen LogP contribution in [-0.4, -0.2) is 20.9 Å². The number of carboxylic acids is 1. The molecule has 1 aromatic rings. The number of aromatic nitrogens is 2. The topological polar surface area (TPSA) is 55.1 Å². The maximum Gasteiger partial charge on any atom is 0.433 e. The van der Waals surface area contributed by atoms with Crippen molar-refractivity contribution in [3.05, 3.63) is 17.5 Å². The number of carboxylic acid groups (broad SMARTS) is 1. The van der Waals surface area contributed by atoms with Gasteiger partial charge in [-0.1, -0.05) is 0 Å². The van der Waals surface area contributed by atoms with E-state index in [2.05, 4.69) is 5.10 Å². The number of hydrogen-bond donors (Lipinski definition) is 1. The van der Waals surface area contributed by atoms with Gasteiger partial charge >= 0.3 is 12.1 Å². The molecule has 102 valence electrons. The second-order valence-electron chi connectivity index (χ2n) is 5.09. The van der Waals surface area contributed by atoms with Gasteiger partial charge in [-0.15, -0.1) is 0 Å². The van der Waals surface area contributed by atoms with Gasteiger partial charge in [0.25, 0.3) is 0 Å². The average molecular weight is 264 g/mol. The molecule has 0 aromatic carbocycles. The lowest BCUT2D eigenvalue weighted by molar-refractivity contribution is -0.146. The van der Waals surface area contributed by atoms with Crippen LogP contribution in [0.3, 0.4) is 0 Å². The third kappa shape index (κ3) is 2.83. The Bertz CT molecular complexity index is 426. The summed E-state index contributed by atoms with van der Waals surface area (Å²) in [6.45, 7) is 6.02. The fraction of sp³-hybridized carbons (Fsp3) is 0.636. The first-order valence-electron chi connectivity index (χ1n) is 5.35. The summed E-state index contributed by atoms with van der Waals surface area (Å²) in [5.74, 6) is -2.28. The lowest BCUT2D eigenvalue weighted by Gasteiger charge is -2.23. The van der Waals surface area contributed by atoms with E-state index in [9.17, 15) is 18.0 Å². The van der Waals surface area contributed by atoms with Crippen LogP contribution in [-0.2, 0) is 16.5 Å². The van der Waals surface area contributed by atoms with Gasteiger partial charge in [0, 0.05) is 0 Å². The maximum atomic E-state index is 12.8. The summed E-state index contributed by atoms with van der Waals surface area (Å²) < 4.78 is 39.4. The molecule has 1 heterocycles. The number of aliphatic carboxylic acids is 1. The van der Waals surface area contributed by atoms with Crippen molar-refractivity contribution >= 4 is 5.97 Å². The highest BCUT2D eigenvalue weighted by atomic mass is 19.4. The van der Waals surface area contributed by atoms with Crippen molar-refractivity contribution in [2.75, 3.05) is 0 Å². The molecular weight excluding hydrogens is 249 g/mol. The quantitative estimate of drug-likeness (QED) is 0.893. The van der Waals surface area contributed by atoms with E-state index in [0.717, 1.165) is 10.7 Å². The van der Waals surface area contributed by atoms with E-state index in [4.69, 9.17) is 5.11 Å². The Morgan fingerprint density at radius 1 is 1.39 bits per heavy atom. The Balaban J connectivity index is 3.38. The molecule has 0 aliphatic carbocycles. The molecule has 0 bridgehead atoms. The first-order chi connectivity index (χ1) is 7.94. The first-order valence-corrected chi connectivity index (χ1v) is 5.35. The van der Waals surface area contributed by atoms with E-state index < -0.39 is 29.3 Å². The molecule has 0 saturated heterocycles. The molecule has 0 saturated carbocycles. The number of carbonyl (C=O) groups is 1. The summed E-state index contributed by atoms with van der Waals surface area (Å²) in [5, 5.41) is 12.6. The number of hydrogen-bond acceptors (Lipinski definition) is 2. The van der Waals surface area contributed by atoms with E-state index in [1.54, 1.807) is 20.8 Å². The third-order valence-electron chi connectivity index (χ3n) is 2.47. The molecule has 0 spiro atoms. The minimum Gasteiger partial charge on any atom is -0.481 e. The lowest BCUT2D eigenvalue weighted by Crippen LogP contribution is -2.28. The van der Waals surface area contributed by atoms with Crippen LogP contribution < -0.4 is 0 Å². The minimum atomic E-state index is -4.56. The zero-order chi connectivity index (χ0) is 14.3. The van der Waals surface area contributed by atoms with Crippen molar-refractivity contribution in [3.8, 4) is 0 Å². The van der Waals surface area contributed by atoms with Crippen LogP contribution >= 0.6 is 0 Å². The fourth-order valence-corrected chi connectivity index (χ4v) is 1.45. The Hall–Kier alpha value is -1.53. The van der Waals surface area contributed by atoms with Crippen LogP contribution in [0.1, 0.15) is 45.0 Å². The molecule has 1 aromatic heterocycles. The van der Waals surface area contributed by atoms with Crippen molar-refractivity contribution in [1.82, 2.24) is 9.78 Å². The normalized spacial score (nSPS) is 14.6. The van der Waals surface area contributed by atoms with Gasteiger partial charge in [-0.25, -0.2) is 0 Å². The Morgan fingerprint density at radius 2 is 1.89 bits per heavy atom. The smallest absolute Gasteiger partial charge is 0.433 e. The summed E-state index contributed by atoms with van der Waals surface area (Å²) in [6.07, 6.45) is -4.56. The summed E-state index contributed by atoms with van der Waals surface area (Å²) in [6, 6.07) is 0.796. The van der Waals surface area contributed by atoms with Gasteiger partial charge in [0.15, 0.2) is 0 Å². The van der Waals surface area contributed by atoms with Gasteiger partial charge in [0.05, 0.1) is 17.2 Å². The molecule has 0 radical (unpaired) electrons. The highest BCUT2D eigenvalue weighted by Gasteiger charge is 2.39. The molecule has 18 heavy (non-hydrogen) atoms. The van der Waals surface area contributed by atoms with Crippen molar-refractivity contribution in [2.24, 2.45) is 0 Å². The predicted octanol–water partition coefficient (Wildman–Crippen LogP) is 2.85. The average Bonchev–Trinajstić information content (AvgIpc) is 2.58. The van der Waals surface area contributed by atoms with Gasteiger partial charge in [0.1, 0.15) is 5.69 Å². The van der Waals surface area contributed by atoms with Gasteiger partial charge in [-0.05, 0) is 33.8 Å². The van der Waals surface area contributed by atoms with E-state index in [0.29, 0.717) is 0 Å². The number of nitrogens with zero attached hydrogens (tertiary/aromatic N) is 2. The van der Waals surface area contributed by atoms with Gasteiger partial charge in [-0.3, -0.25) is 9.48 Å². The van der Waals surface area contributed by atoms with Crippen LogP contribution in [0.15, 0.2) is 6.07 Å². The van der Waals surface area contributed by atoms with Crippen LogP contribution in [0.25, 0.3) is 0 Å². The van der Waals surface area contributed by atoms with Crippen LogP contribution in [0.5, 0.6) is 0 Å². The zero-order valence-electron chi connectivity index (χ0n) is 10.5. The monoisotopic (exact) mass is 264 g/mol.